The van der Waals surface area contributed by atoms with Gasteiger partial charge in [-0.05, 0) is 67.4 Å². The van der Waals surface area contributed by atoms with Gasteiger partial charge in [-0.3, -0.25) is 9.59 Å². The van der Waals surface area contributed by atoms with Gasteiger partial charge in [0.2, 0.25) is 5.91 Å². The third-order valence-electron chi connectivity index (χ3n) is 5.01. The zero-order valence-corrected chi connectivity index (χ0v) is 18.4. The molecule has 0 aliphatic heterocycles. The summed E-state index contributed by atoms with van der Waals surface area (Å²) in [6.45, 7) is 5.15. The average Bonchev–Trinajstić information content (AvgIpc) is 3.11. The van der Waals surface area contributed by atoms with Crippen molar-refractivity contribution in [1.82, 2.24) is 14.8 Å². The predicted octanol–water partition coefficient (Wildman–Crippen LogP) is 4.90. The summed E-state index contributed by atoms with van der Waals surface area (Å²) in [6, 6.07) is 16.4. The SMILES string of the molecule is CC(=O)Nc1c(-c2ccc(F)cc2)c(C)nn1-c1ccc(C(=O)Nc2ccc(C)cn2)cc1. The number of rotatable bonds is 5. The van der Waals surface area contributed by atoms with E-state index in [1.165, 1.54) is 19.1 Å². The predicted molar refractivity (Wildman–Crippen MR) is 125 cm³/mol. The number of carbonyl (C=O) groups is 2. The molecule has 0 radical (unpaired) electrons. The second-order valence-corrected chi connectivity index (χ2v) is 7.63. The van der Waals surface area contributed by atoms with Crippen LogP contribution in [-0.2, 0) is 4.79 Å². The van der Waals surface area contributed by atoms with Gasteiger partial charge < -0.3 is 10.6 Å². The van der Waals surface area contributed by atoms with Gasteiger partial charge in [-0.2, -0.15) is 5.10 Å². The lowest BCUT2D eigenvalue weighted by molar-refractivity contribution is -0.114. The zero-order chi connectivity index (χ0) is 23.5. The minimum Gasteiger partial charge on any atom is -0.310 e. The van der Waals surface area contributed by atoms with Crippen LogP contribution in [0.1, 0.15) is 28.5 Å². The molecule has 2 aromatic heterocycles. The fourth-order valence-corrected chi connectivity index (χ4v) is 3.44. The Kier molecular flexibility index (Phi) is 5.99. The van der Waals surface area contributed by atoms with Crippen molar-refractivity contribution in [2.75, 3.05) is 10.6 Å². The van der Waals surface area contributed by atoms with Crippen LogP contribution in [0.15, 0.2) is 66.9 Å². The Labute approximate surface area is 190 Å². The van der Waals surface area contributed by atoms with E-state index in [1.54, 1.807) is 53.3 Å². The molecule has 4 aromatic rings. The van der Waals surface area contributed by atoms with Gasteiger partial charge in [0.25, 0.3) is 5.91 Å². The lowest BCUT2D eigenvalue weighted by Crippen LogP contribution is -2.14. The number of amides is 2. The van der Waals surface area contributed by atoms with Gasteiger partial charge in [-0.25, -0.2) is 14.1 Å². The molecule has 8 heteroatoms. The van der Waals surface area contributed by atoms with E-state index in [9.17, 15) is 14.0 Å². The molecule has 0 fully saturated rings. The highest BCUT2D eigenvalue weighted by atomic mass is 19.1. The van der Waals surface area contributed by atoms with Gasteiger partial charge in [-0.1, -0.05) is 18.2 Å². The van der Waals surface area contributed by atoms with Crippen LogP contribution < -0.4 is 10.6 Å². The summed E-state index contributed by atoms with van der Waals surface area (Å²) in [5.41, 5.74) is 4.19. The Morgan fingerprint density at radius 1 is 0.909 bits per heavy atom. The first-order valence-electron chi connectivity index (χ1n) is 10.3. The summed E-state index contributed by atoms with van der Waals surface area (Å²) in [7, 11) is 0. The number of aryl methyl sites for hydroxylation is 2. The van der Waals surface area contributed by atoms with E-state index in [0.29, 0.717) is 34.1 Å². The van der Waals surface area contributed by atoms with Gasteiger partial charge in [0.05, 0.1) is 11.4 Å². The molecule has 0 unspecified atom stereocenters. The van der Waals surface area contributed by atoms with Crippen LogP contribution in [0.2, 0.25) is 0 Å². The topological polar surface area (TPSA) is 88.9 Å². The van der Waals surface area contributed by atoms with Gasteiger partial charge in [0.1, 0.15) is 17.5 Å². The number of benzene rings is 2. The molecule has 7 nitrogen and oxygen atoms in total. The fraction of sp³-hybridized carbons (Fsp3) is 0.120. The average molecular weight is 443 g/mol. The van der Waals surface area contributed by atoms with Crippen molar-refractivity contribution in [3.05, 3.63) is 89.5 Å². The number of pyridine rings is 1. The van der Waals surface area contributed by atoms with Crippen molar-refractivity contribution >= 4 is 23.5 Å². The third kappa shape index (κ3) is 4.79. The standard InChI is InChI=1S/C25H22FN5O2/c1-15-4-13-22(27-14-15)29-25(33)19-7-11-21(12-8-19)31-24(28-17(3)32)23(16(2)30-31)18-5-9-20(26)10-6-18/h4-14H,1-3H3,(H,28,32)(H,27,29,33). The summed E-state index contributed by atoms with van der Waals surface area (Å²) in [5, 5.41) is 10.2. The molecule has 2 amide bonds. The maximum absolute atomic E-state index is 13.4. The minimum atomic E-state index is -0.348. The van der Waals surface area contributed by atoms with Crippen molar-refractivity contribution < 1.29 is 14.0 Å². The van der Waals surface area contributed by atoms with Crippen LogP contribution >= 0.6 is 0 Å². The maximum Gasteiger partial charge on any atom is 0.256 e. The van der Waals surface area contributed by atoms with Gasteiger partial charge in [0, 0.05) is 24.2 Å². The summed E-state index contributed by atoms with van der Waals surface area (Å²) in [6.07, 6.45) is 1.68. The van der Waals surface area contributed by atoms with Crippen LogP contribution in [0.3, 0.4) is 0 Å². The Bertz CT molecular complexity index is 1310. The van der Waals surface area contributed by atoms with Crippen LogP contribution in [0.25, 0.3) is 16.8 Å². The lowest BCUT2D eigenvalue weighted by Gasteiger charge is -2.11. The molecule has 0 aliphatic rings. The Morgan fingerprint density at radius 3 is 2.21 bits per heavy atom. The molecule has 4 rings (SSSR count). The number of nitrogens with zero attached hydrogens (tertiary/aromatic N) is 3. The molecule has 0 saturated heterocycles. The first kappa shape index (κ1) is 21.9. The number of anilines is 2. The normalized spacial score (nSPS) is 10.7. The van der Waals surface area contributed by atoms with E-state index in [-0.39, 0.29) is 17.6 Å². The van der Waals surface area contributed by atoms with Crippen LogP contribution in [0.4, 0.5) is 16.0 Å². The first-order chi connectivity index (χ1) is 15.8. The van der Waals surface area contributed by atoms with Crippen molar-refractivity contribution in [2.45, 2.75) is 20.8 Å². The highest BCUT2D eigenvalue weighted by Gasteiger charge is 2.19. The molecule has 0 spiro atoms. The number of halogens is 1. The fourth-order valence-electron chi connectivity index (χ4n) is 3.44. The molecular formula is C25H22FN5O2. The van der Waals surface area contributed by atoms with Crippen molar-refractivity contribution in [1.29, 1.82) is 0 Å². The molecule has 2 aromatic carbocycles. The second kappa shape index (κ2) is 9.04. The Morgan fingerprint density at radius 2 is 1.61 bits per heavy atom. The molecule has 33 heavy (non-hydrogen) atoms. The molecule has 166 valence electrons. The molecule has 0 bridgehead atoms. The highest BCUT2D eigenvalue weighted by Crippen LogP contribution is 2.33. The minimum absolute atomic E-state index is 0.263. The van der Waals surface area contributed by atoms with Gasteiger partial charge in [0.15, 0.2) is 0 Å². The van der Waals surface area contributed by atoms with E-state index in [1.807, 2.05) is 19.9 Å². The molecule has 0 atom stereocenters. The Hall–Kier alpha value is -4.33. The van der Waals surface area contributed by atoms with Crippen LogP contribution in [0, 0.1) is 19.7 Å². The highest BCUT2D eigenvalue weighted by molar-refractivity contribution is 6.03. The van der Waals surface area contributed by atoms with E-state index < -0.39 is 0 Å². The number of hydrogen-bond donors (Lipinski definition) is 2. The number of aromatic nitrogens is 3. The number of carbonyl (C=O) groups excluding carboxylic acids is 2. The van der Waals surface area contributed by atoms with E-state index in [4.69, 9.17) is 0 Å². The lowest BCUT2D eigenvalue weighted by atomic mass is 10.1. The van der Waals surface area contributed by atoms with Crippen molar-refractivity contribution in [3.8, 4) is 16.8 Å². The smallest absolute Gasteiger partial charge is 0.256 e. The molecule has 2 N–H and O–H groups in total. The summed E-state index contributed by atoms with van der Waals surface area (Å²) in [5.74, 6) is 0.0336. The van der Waals surface area contributed by atoms with Gasteiger partial charge >= 0.3 is 0 Å². The van der Waals surface area contributed by atoms with E-state index in [2.05, 4.69) is 20.7 Å². The Balaban J connectivity index is 1.66. The monoisotopic (exact) mass is 443 g/mol. The molecule has 0 saturated carbocycles. The van der Waals surface area contributed by atoms with Crippen molar-refractivity contribution in [3.63, 3.8) is 0 Å². The largest absolute Gasteiger partial charge is 0.310 e. The second-order valence-electron chi connectivity index (χ2n) is 7.63. The van der Waals surface area contributed by atoms with E-state index in [0.717, 1.165) is 11.1 Å². The zero-order valence-electron chi connectivity index (χ0n) is 18.4. The van der Waals surface area contributed by atoms with Gasteiger partial charge in [-0.15, -0.1) is 0 Å². The summed E-state index contributed by atoms with van der Waals surface area (Å²) in [4.78, 5) is 28.7. The third-order valence-corrected chi connectivity index (χ3v) is 5.01. The quantitative estimate of drug-likeness (QED) is 0.459. The number of hydrogen-bond acceptors (Lipinski definition) is 4. The van der Waals surface area contributed by atoms with Crippen LogP contribution in [0.5, 0.6) is 0 Å². The van der Waals surface area contributed by atoms with Crippen molar-refractivity contribution in [2.24, 2.45) is 0 Å². The van der Waals surface area contributed by atoms with E-state index >= 15 is 0 Å². The van der Waals surface area contributed by atoms with Crippen LogP contribution in [-0.4, -0.2) is 26.6 Å². The molecule has 0 aliphatic carbocycles. The molecule has 2 heterocycles. The summed E-state index contributed by atoms with van der Waals surface area (Å²) >= 11 is 0. The summed E-state index contributed by atoms with van der Waals surface area (Å²) < 4.78 is 15.0. The maximum atomic E-state index is 13.4. The first-order valence-corrected chi connectivity index (χ1v) is 10.3. The molecular weight excluding hydrogens is 421 g/mol. The number of nitrogens with one attached hydrogen (secondary N) is 2.